The number of esters is 1. The van der Waals surface area contributed by atoms with Crippen LogP contribution in [0.4, 0.5) is 0 Å². The van der Waals surface area contributed by atoms with E-state index in [1.54, 1.807) is 32.4 Å². The molecule has 3 aromatic rings. The van der Waals surface area contributed by atoms with Crippen LogP contribution in [0, 0.1) is 6.92 Å². The number of aliphatic hydroxyl groups is 1. The fraction of sp³-hybridized carbons (Fsp3) is 0.391. The number of aryl methyl sites for hydroxylation is 2. The number of furan rings is 1. The van der Waals surface area contributed by atoms with Crippen molar-refractivity contribution in [2.24, 2.45) is 0 Å². The van der Waals surface area contributed by atoms with Crippen LogP contribution in [-0.2, 0) is 22.6 Å². The van der Waals surface area contributed by atoms with Gasteiger partial charge in [0.05, 0.1) is 20.0 Å². The first-order valence-electron chi connectivity index (χ1n) is 10.2. The molecule has 0 saturated carbocycles. The predicted octanol–water partition coefficient (Wildman–Crippen LogP) is 4.08. The Balaban J connectivity index is 1.57. The van der Waals surface area contributed by atoms with Gasteiger partial charge in [0, 0.05) is 0 Å². The molecular weight excluding hydrogens is 402 g/mol. The summed E-state index contributed by atoms with van der Waals surface area (Å²) >= 11 is 0. The molecule has 8 heteroatoms. The molecule has 0 amide bonds. The molecule has 0 aliphatic rings. The Labute approximate surface area is 180 Å². The Bertz CT molecular complexity index is 978. The summed E-state index contributed by atoms with van der Waals surface area (Å²) in [7, 11) is 1.58. The van der Waals surface area contributed by atoms with Crippen molar-refractivity contribution in [2.75, 3.05) is 13.7 Å². The Hall–Kier alpha value is -3.26. The number of benzene rings is 1. The van der Waals surface area contributed by atoms with Gasteiger partial charge >= 0.3 is 5.97 Å². The van der Waals surface area contributed by atoms with E-state index in [1.165, 1.54) is 0 Å². The van der Waals surface area contributed by atoms with Crippen molar-refractivity contribution in [3.8, 4) is 23.1 Å². The minimum Gasteiger partial charge on any atom is -0.493 e. The molecule has 0 fully saturated rings. The van der Waals surface area contributed by atoms with Crippen LogP contribution in [0.25, 0.3) is 11.7 Å². The van der Waals surface area contributed by atoms with E-state index >= 15 is 0 Å². The average molecular weight is 429 g/mol. The van der Waals surface area contributed by atoms with Gasteiger partial charge in [0.25, 0.3) is 5.89 Å². The van der Waals surface area contributed by atoms with Gasteiger partial charge in [0.1, 0.15) is 18.1 Å². The summed E-state index contributed by atoms with van der Waals surface area (Å²) in [5.41, 5.74) is 1.68. The van der Waals surface area contributed by atoms with Crippen LogP contribution < -0.4 is 9.47 Å². The minimum atomic E-state index is -1.10. The topological polar surface area (TPSA) is 104 Å². The largest absolute Gasteiger partial charge is 0.493 e. The monoisotopic (exact) mass is 429 g/mol. The van der Waals surface area contributed by atoms with Crippen molar-refractivity contribution in [1.82, 2.24) is 4.98 Å². The number of methoxy groups -OCH3 is 1. The van der Waals surface area contributed by atoms with Crippen molar-refractivity contribution in [1.29, 1.82) is 0 Å². The minimum absolute atomic E-state index is 0.220. The van der Waals surface area contributed by atoms with E-state index in [-0.39, 0.29) is 13.2 Å². The van der Waals surface area contributed by atoms with E-state index in [1.807, 2.05) is 25.1 Å². The number of hydrogen-bond acceptors (Lipinski definition) is 8. The van der Waals surface area contributed by atoms with Crippen LogP contribution in [0.15, 0.2) is 45.4 Å². The highest BCUT2D eigenvalue weighted by Crippen LogP contribution is 2.30. The zero-order chi connectivity index (χ0) is 22.2. The lowest BCUT2D eigenvalue weighted by Crippen LogP contribution is -2.23. The molecule has 0 spiro atoms. The number of ether oxygens (including phenoxy) is 3. The van der Waals surface area contributed by atoms with Crippen molar-refractivity contribution in [3.63, 3.8) is 0 Å². The Morgan fingerprint density at radius 1 is 1.26 bits per heavy atom. The lowest BCUT2D eigenvalue weighted by Gasteiger charge is -2.12. The predicted molar refractivity (Wildman–Crippen MR) is 112 cm³/mol. The van der Waals surface area contributed by atoms with Crippen LogP contribution >= 0.6 is 0 Å². The van der Waals surface area contributed by atoms with Gasteiger partial charge in [-0.05, 0) is 62.9 Å². The normalized spacial score (nSPS) is 11.9. The maximum absolute atomic E-state index is 11.5. The molecule has 0 saturated heterocycles. The molecule has 0 unspecified atom stereocenters. The van der Waals surface area contributed by atoms with Crippen LogP contribution in [-0.4, -0.2) is 35.9 Å². The third kappa shape index (κ3) is 5.88. The highest BCUT2D eigenvalue weighted by molar-refractivity contribution is 5.74. The molecule has 166 valence electrons. The second kappa shape index (κ2) is 10.7. The molecule has 31 heavy (non-hydrogen) atoms. The fourth-order valence-corrected chi connectivity index (χ4v) is 3.06. The number of carbonyl (C=O) groups excluding carboxylic acids is 1. The van der Waals surface area contributed by atoms with E-state index in [4.69, 9.17) is 23.0 Å². The Morgan fingerprint density at radius 2 is 2.10 bits per heavy atom. The van der Waals surface area contributed by atoms with Gasteiger partial charge in [-0.3, -0.25) is 0 Å². The van der Waals surface area contributed by atoms with E-state index in [2.05, 4.69) is 4.98 Å². The van der Waals surface area contributed by atoms with Crippen molar-refractivity contribution in [2.45, 2.75) is 45.8 Å². The molecule has 0 bridgehead atoms. The first-order valence-corrected chi connectivity index (χ1v) is 10.2. The Kier molecular flexibility index (Phi) is 7.72. The maximum atomic E-state index is 11.5. The molecule has 0 radical (unpaired) electrons. The van der Waals surface area contributed by atoms with E-state index in [0.29, 0.717) is 53.9 Å². The van der Waals surface area contributed by atoms with Gasteiger partial charge < -0.3 is 28.2 Å². The summed E-state index contributed by atoms with van der Waals surface area (Å²) in [6.07, 6.45) is 2.12. The number of oxazole rings is 1. The van der Waals surface area contributed by atoms with Crippen LogP contribution in [0.3, 0.4) is 0 Å². The molecule has 0 aliphatic heterocycles. The molecular formula is C23H27NO7. The molecule has 1 N–H and O–H groups in total. The zero-order valence-corrected chi connectivity index (χ0v) is 17.9. The molecule has 0 aliphatic carbocycles. The summed E-state index contributed by atoms with van der Waals surface area (Å²) < 4.78 is 27.1. The third-order valence-corrected chi connectivity index (χ3v) is 4.72. The van der Waals surface area contributed by atoms with Gasteiger partial charge in [-0.1, -0.05) is 6.07 Å². The van der Waals surface area contributed by atoms with Crippen LogP contribution in [0.5, 0.6) is 11.5 Å². The van der Waals surface area contributed by atoms with Crippen molar-refractivity contribution < 1.29 is 32.9 Å². The first-order chi connectivity index (χ1) is 15.0. The second-order valence-electron chi connectivity index (χ2n) is 6.93. The van der Waals surface area contributed by atoms with Gasteiger partial charge in [0.2, 0.25) is 0 Å². The first kappa shape index (κ1) is 22.4. The highest BCUT2D eigenvalue weighted by atomic mass is 16.5. The molecule has 1 atom stereocenters. The number of hydrogen-bond donors (Lipinski definition) is 1. The molecule has 8 nitrogen and oxygen atoms in total. The molecule has 2 aromatic heterocycles. The lowest BCUT2D eigenvalue weighted by atomic mass is 10.1. The van der Waals surface area contributed by atoms with E-state index in [0.717, 1.165) is 5.56 Å². The number of nitrogens with zero attached hydrogens (tertiary/aromatic N) is 1. The fourth-order valence-electron chi connectivity index (χ4n) is 3.06. The SMILES string of the molecule is CCOC(=O)[C@H](O)CCCc1ccc(OCc2nc(-c3ccco3)oc2C)c(OC)c1. The summed E-state index contributed by atoms with van der Waals surface area (Å²) in [5, 5.41) is 9.80. The lowest BCUT2D eigenvalue weighted by molar-refractivity contribution is -0.153. The number of aliphatic hydroxyl groups excluding tert-OH is 1. The molecule has 1 aromatic carbocycles. The number of carbonyl (C=O) groups is 1. The zero-order valence-electron chi connectivity index (χ0n) is 17.9. The van der Waals surface area contributed by atoms with Crippen LogP contribution in [0.2, 0.25) is 0 Å². The quantitative estimate of drug-likeness (QED) is 0.455. The summed E-state index contributed by atoms with van der Waals surface area (Å²) in [6, 6.07) is 9.20. The summed E-state index contributed by atoms with van der Waals surface area (Å²) in [6.45, 7) is 4.01. The van der Waals surface area contributed by atoms with E-state index in [9.17, 15) is 9.90 Å². The summed E-state index contributed by atoms with van der Waals surface area (Å²) in [5.74, 6) is 2.22. The standard InChI is InChI=1S/C23H27NO7/c1-4-28-23(26)18(25)8-5-7-16-10-11-19(21(13-16)27-3)30-14-17-15(2)31-22(24-17)20-9-6-12-29-20/h6,9-13,18,25H,4-5,7-8,14H2,1-3H3/t18-/m1/s1. The maximum Gasteiger partial charge on any atom is 0.334 e. The van der Waals surface area contributed by atoms with Gasteiger partial charge in [-0.25, -0.2) is 9.78 Å². The van der Waals surface area contributed by atoms with Crippen molar-refractivity contribution >= 4 is 5.97 Å². The van der Waals surface area contributed by atoms with Gasteiger partial charge in [-0.2, -0.15) is 0 Å². The number of rotatable bonds is 11. The summed E-state index contributed by atoms with van der Waals surface area (Å²) in [4.78, 5) is 15.9. The molecule has 2 heterocycles. The van der Waals surface area contributed by atoms with Crippen LogP contribution in [0.1, 0.15) is 36.8 Å². The third-order valence-electron chi connectivity index (χ3n) is 4.72. The highest BCUT2D eigenvalue weighted by Gasteiger charge is 2.17. The molecule has 3 rings (SSSR count). The van der Waals surface area contributed by atoms with E-state index < -0.39 is 12.1 Å². The number of aromatic nitrogens is 1. The van der Waals surface area contributed by atoms with Gasteiger partial charge in [0.15, 0.2) is 23.4 Å². The van der Waals surface area contributed by atoms with Gasteiger partial charge in [-0.15, -0.1) is 0 Å². The smallest absolute Gasteiger partial charge is 0.334 e. The average Bonchev–Trinajstić information content (AvgIpc) is 3.42. The second-order valence-corrected chi connectivity index (χ2v) is 6.93. The van der Waals surface area contributed by atoms with Crippen molar-refractivity contribution in [3.05, 3.63) is 53.6 Å². The Morgan fingerprint density at radius 3 is 2.81 bits per heavy atom.